The van der Waals surface area contributed by atoms with Crippen molar-refractivity contribution < 1.29 is 0 Å². The SMILES string of the molecule is CC(NCc1ccc(C(C)(C)C)cc1)c1cccc2ccccc12. The Morgan fingerprint density at radius 3 is 2.21 bits per heavy atom. The van der Waals surface area contributed by atoms with Gasteiger partial charge in [0.15, 0.2) is 0 Å². The number of nitrogens with one attached hydrogen (secondary N) is 1. The molecule has 1 atom stereocenters. The maximum atomic E-state index is 3.67. The second-order valence-electron chi connectivity index (χ2n) is 7.62. The van der Waals surface area contributed by atoms with E-state index in [1.807, 2.05) is 0 Å². The van der Waals surface area contributed by atoms with Crippen LogP contribution >= 0.6 is 0 Å². The quantitative estimate of drug-likeness (QED) is 0.623. The molecule has 0 aliphatic carbocycles. The van der Waals surface area contributed by atoms with Gasteiger partial charge in [-0.1, -0.05) is 87.5 Å². The Morgan fingerprint density at radius 1 is 0.833 bits per heavy atom. The van der Waals surface area contributed by atoms with Crippen molar-refractivity contribution in [2.45, 2.75) is 45.7 Å². The van der Waals surface area contributed by atoms with Gasteiger partial charge in [-0.25, -0.2) is 0 Å². The summed E-state index contributed by atoms with van der Waals surface area (Å²) in [6.07, 6.45) is 0. The van der Waals surface area contributed by atoms with E-state index in [0.717, 1.165) is 6.54 Å². The first kappa shape index (κ1) is 16.7. The lowest BCUT2D eigenvalue weighted by Gasteiger charge is -2.20. The molecule has 1 nitrogen and oxygen atoms in total. The zero-order chi connectivity index (χ0) is 17.2. The molecule has 0 aromatic heterocycles. The van der Waals surface area contributed by atoms with Gasteiger partial charge in [0.05, 0.1) is 0 Å². The number of fused-ring (bicyclic) bond motifs is 1. The Balaban J connectivity index is 1.72. The summed E-state index contributed by atoms with van der Waals surface area (Å²) in [5.74, 6) is 0. The van der Waals surface area contributed by atoms with Crippen LogP contribution in [0.15, 0.2) is 66.7 Å². The molecule has 0 aliphatic heterocycles. The smallest absolute Gasteiger partial charge is 0.0301 e. The topological polar surface area (TPSA) is 12.0 Å². The molecule has 1 heteroatoms. The number of rotatable bonds is 4. The normalized spacial score (nSPS) is 13.2. The van der Waals surface area contributed by atoms with Gasteiger partial charge < -0.3 is 5.32 Å². The number of hydrogen-bond acceptors (Lipinski definition) is 1. The van der Waals surface area contributed by atoms with Crippen molar-refractivity contribution in [1.29, 1.82) is 0 Å². The summed E-state index contributed by atoms with van der Waals surface area (Å²) in [5.41, 5.74) is 4.28. The van der Waals surface area contributed by atoms with Crippen molar-refractivity contribution in [3.63, 3.8) is 0 Å². The summed E-state index contributed by atoms with van der Waals surface area (Å²) in [5, 5.41) is 6.31. The number of benzene rings is 3. The van der Waals surface area contributed by atoms with E-state index in [1.54, 1.807) is 0 Å². The molecule has 24 heavy (non-hydrogen) atoms. The van der Waals surface area contributed by atoms with Crippen LogP contribution in [0.2, 0.25) is 0 Å². The van der Waals surface area contributed by atoms with E-state index in [2.05, 4.69) is 99.7 Å². The molecule has 0 bridgehead atoms. The first-order valence-electron chi connectivity index (χ1n) is 8.75. The van der Waals surface area contributed by atoms with Crippen LogP contribution in [-0.2, 0) is 12.0 Å². The molecule has 0 saturated carbocycles. The van der Waals surface area contributed by atoms with Crippen molar-refractivity contribution in [1.82, 2.24) is 5.32 Å². The van der Waals surface area contributed by atoms with Crippen LogP contribution in [0.3, 0.4) is 0 Å². The summed E-state index contributed by atoms with van der Waals surface area (Å²) < 4.78 is 0. The summed E-state index contributed by atoms with van der Waals surface area (Å²) in [7, 11) is 0. The van der Waals surface area contributed by atoms with Crippen molar-refractivity contribution >= 4 is 10.8 Å². The van der Waals surface area contributed by atoms with Gasteiger partial charge in [0.1, 0.15) is 0 Å². The van der Waals surface area contributed by atoms with Crippen LogP contribution in [0.5, 0.6) is 0 Å². The third kappa shape index (κ3) is 3.68. The first-order valence-corrected chi connectivity index (χ1v) is 8.75. The molecular weight excluding hydrogens is 290 g/mol. The lowest BCUT2D eigenvalue weighted by Crippen LogP contribution is -2.18. The predicted octanol–water partition coefficient (Wildman–Crippen LogP) is 5.99. The fourth-order valence-electron chi connectivity index (χ4n) is 3.13. The summed E-state index contributed by atoms with van der Waals surface area (Å²) in [6.45, 7) is 9.88. The van der Waals surface area contributed by atoms with Gasteiger partial charge in [0.2, 0.25) is 0 Å². The highest BCUT2D eigenvalue weighted by atomic mass is 14.9. The second kappa shape index (κ2) is 6.78. The Labute approximate surface area is 145 Å². The Morgan fingerprint density at radius 2 is 1.50 bits per heavy atom. The maximum Gasteiger partial charge on any atom is 0.0301 e. The average molecular weight is 317 g/mol. The molecule has 0 radical (unpaired) electrons. The van der Waals surface area contributed by atoms with Gasteiger partial charge in [-0.3, -0.25) is 0 Å². The molecule has 3 aromatic rings. The van der Waals surface area contributed by atoms with Gasteiger partial charge in [-0.05, 0) is 39.8 Å². The van der Waals surface area contributed by atoms with Gasteiger partial charge >= 0.3 is 0 Å². The largest absolute Gasteiger partial charge is 0.306 e. The van der Waals surface area contributed by atoms with E-state index in [0.29, 0.717) is 6.04 Å². The van der Waals surface area contributed by atoms with Crippen molar-refractivity contribution in [2.75, 3.05) is 0 Å². The predicted molar refractivity (Wildman–Crippen MR) is 104 cm³/mol. The van der Waals surface area contributed by atoms with E-state index in [-0.39, 0.29) is 5.41 Å². The Kier molecular flexibility index (Phi) is 4.73. The lowest BCUT2D eigenvalue weighted by atomic mass is 9.87. The van der Waals surface area contributed by atoms with E-state index in [1.165, 1.54) is 27.5 Å². The van der Waals surface area contributed by atoms with Crippen molar-refractivity contribution in [2.24, 2.45) is 0 Å². The fourth-order valence-corrected chi connectivity index (χ4v) is 3.13. The minimum absolute atomic E-state index is 0.211. The van der Waals surface area contributed by atoms with Crippen LogP contribution < -0.4 is 5.32 Å². The molecule has 0 spiro atoms. The molecular formula is C23H27N. The molecule has 1 unspecified atom stereocenters. The Hall–Kier alpha value is -2.12. The molecule has 0 aliphatic rings. The molecule has 3 rings (SSSR count). The highest BCUT2D eigenvalue weighted by Crippen LogP contribution is 2.25. The van der Waals surface area contributed by atoms with Gasteiger partial charge in [0.25, 0.3) is 0 Å². The van der Waals surface area contributed by atoms with Crippen LogP contribution in [0, 0.1) is 0 Å². The van der Waals surface area contributed by atoms with Crippen LogP contribution in [0.1, 0.15) is 50.4 Å². The highest BCUT2D eigenvalue weighted by Gasteiger charge is 2.13. The molecule has 3 aromatic carbocycles. The molecule has 0 fully saturated rings. The second-order valence-corrected chi connectivity index (χ2v) is 7.62. The van der Waals surface area contributed by atoms with E-state index in [9.17, 15) is 0 Å². The first-order chi connectivity index (χ1) is 11.4. The molecule has 1 N–H and O–H groups in total. The molecule has 0 saturated heterocycles. The average Bonchev–Trinajstić information content (AvgIpc) is 2.59. The van der Waals surface area contributed by atoms with E-state index >= 15 is 0 Å². The minimum atomic E-state index is 0.211. The van der Waals surface area contributed by atoms with Crippen molar-refractivity contribution in [3.05, 3.63) is 83.4 Å². The number of hydrogen-bond donors (Lipinski definition) is 1. The zero-order valence-corrected chi connectivity index (χ0v) is 15.1. The third-order valence-corrected chi connectivity index (χ3v) is 4.72. The highest BCUT2D eigenvalue weighted by molar-refractivity contribution is 5.86. The summed E-state index contributed by atoms with van der Waals surface area (Å²) in [4.78, 5) is 0. The summed E-state index contributed by atoms with van der Waals surface area (Å²) in [6, 6.07) is 24.4. The standard InChI is InChI=1S/C23H27N/c1-17(21-11-7-9-19-8-5-6-10-22(19)21)24-16-18-12-14-20(15-13-18)23(2,3)4/h5-15,17,24H,16H2,1-4H3. The van der Waals surface area contributed by atoms with Gasteiger partial charge in [-0.2, -0.15) is 0 Å². The fraction of sp³-hybridized carbons (Fsp3) is 0.304. The van der Waals surface area contributed by atoms with Gasteiger partial charge in [0, 0.05) is 12.6 Å². The third-order valence-electron chi connectivity index (χ3n) is 4.72. The lowest BCUT2D eigenvalue weighted by molar-refractivity contribution is 0.574. The van der Waals surface area contributed by atoms with E-state index in [4.69, 9.17) is 0 Å². The molecule has 124 valence electrons. The van der Waals surface area contributed by atoms with Crippen LogP contribution in [0.25, 0.3) is 10.8 Å². The van der Waals surface area contributed by atoms with Crippen LogP contribution in [-0.4, -0.2) is 0 Å². The van der Waals surface area contributed by atoms with E-state index < -0.39 is 0 Å². The van der Waals surface area contributed by atoms with Crippen molar-refractivity contribution in [3.8, 4) is 0 Å². The molecule has 0 heterocycles. The Bertz CT molecular complexity index is 804. The van der Waals surface area contributed by atoms with Crippen LogP contribution in [0.4, 0.5) is 0 Å². The molecule has 0 amide bonds. The van der Waals surface area contributed by atoms with Gasteiger partial charge in [-0.15, -0.1) is 0 Å². The zero-order valence-electron chi connectivity index (χ0n) is 15.1. The maximum absolute atomic E-state index is 3.67. The minimum Gasteiger partial charge on any atom is -0.306 e. The summed E-state index contributed by atoms with van der Waals surface area (Å²) >= 11 is 0. The monoisotopic (exact) mass is 317 g/mol.